The smallest absolute Gasteiger partial charge is 0.489 e. The number of nitrogens with zero attached hydrogens (tertiary/aromatic N) is 3. The topological polar surface area (TPSA) is 80.3 Å². The summed E-state index contributed by atoms with van der Waals surface area (Å²) in [6.45, 7) is 3.97. The van der Waals surface area contributed by atoms with Crippen molar-refractivity contribution in [2.24, 2.45) is 0 Å². The molecule has 10 heteroatoms. The van der Waals surface area contributed by atoms with Crippen LogP contribution in [0.2, 0.25) is 0 Å². The lowest BCUT2D eigenvalue weighted by molar-refractivity contribution is -0.274. The maximum absolute atomic E-state index is 12.8. The van der Waals surface area contributed by atoms with E-state index in [0.29, 0.717) is 45.7 Å². The zero-order valence-electron chi connectivity index (χ0n) is 18.7. The molecule has 4 rings (SSSR count). The number of hydrogen-bond acceptors (Lipinski definition) is 5. The second kappa shape index (κ2) is 9.88. The van der Waals surface area contributed by atoms with Crippen LogP contribution in [0.5, 0.6) is 11.5 Å². The van der Waals surface area contributed by atoms with Gasteiger partial charge < -0.3 is 19.4 Å². The number of rotatable bonds is 8. The van der Waals surface area contributed by atoms with Gasteiger partial charge in [-0.05, 0) is 42.0 Å². The van der Waals surface area contributed by atoms with Crippen LogP contribution in [0, 0.1) is 0 Å². The number of benzene rings is 1. The lowest BCUT2D eigenvalue weighted by Gasteiger charge is -2.17. The lowest BCUT2D eigenvalue weighted by Crippen LogP contribution is -2.29. The molecule has 0 atom stereocenters. The molecule has 0 aliphatic carbocycles. The summed E-state index contributed by atoms with van der Waals surface area (Å²) in [4.78, 5) is 25.1. The van der Waals surface area contributed by atoms with Crippen LogP contribution < -0.4 is 9.47 Å². The summed E-state index contributed by atoms with van der Waals surface area (Å²) in [5, 5.41) is 0. The summed E-state index contributed by atoms with van der Waals surface area (Å²) in [5.41, 5.74) is 3.56. The van der Waals surface area contributed by atoms with E-state index in [9.17, 15) is 18.0 Å². The van der Waals surface area contributed by atoms with E-state index < -0.39 is 6.36 Å². The number of alkyl halides is 3. The van der Waals surface area contributed by atoms with Crippen molar-refractivity contribution in [2.45, 2.75) is 6.36 Å². The summed E-state index contributed by atoms with van der Waals surface area (Å²) >= 11 is 0. The van der Waals surface area contributed by atoms with E-state index in [1.807, 2.05) is 6.07 Å². The molecule has 0 saturated heterocycles. The molecule has 0 unspecified atom stereocenters. The van der Waals surface area contributed by atoms with Crippen LogP contribution in [-0.2, 0) is 4.79 Å². The molecule has 3 aromatic heterocycles. The predicted molar refractivity (Wildman–Crippen MR) is 125 cm³/mol. The van der Waals surface area contributed by atoms with Crippen molar-refractivity contribution in [1.29, 1.82) is 0 Å². The highest BCUT2D eigenvalue weighted by atomic mass is 19.4. The highest BCUT2D eigenvalue weighted by molar-refractivity contribution is 6.02. The highest BCUT2D eigenvalue weighted by Crippen LogP contribution is 2.41. The molecule has 0 aliphatic heterocycles. The SMILES string of the molecule is C=CC(=O)N(C)CCOc1cnccc1-c1[nH]c2cccnc2c1-c1cccc(OC(F)(F)F)c1. The van der Waals surface area contributed by atoms with Gasteiger partial charge in [0.25, 0.3) is 0 Å². The van der Waals surface area contributed by atoms with Crippen molar-refractivity contribution in [3.63, 3.8) is 0 Å². The summed E-state index contributed by atoms with van der Waals surface area (Å²) in [7, 11) is 1.63. The second-order valence-electron chi connectivity index (χ2n) is 7.53. The number of H-pyrrole nitrogens is 1. The van der Waals surface area contributed by atoms with Crippen LogP contribution in [-0.4, -0.2) is 52.3 Å². The third-order valence-electron chi connectivity index (χ3n) is 5.20. The van der Waals surface area contributed by atoms with Crippen molar-refractivity contribution in [1.82, 2.24) is 19.9 Å². The fraction of sp³-hybridized carbons (Fsp3) is 0.160. The zero-order valence-corrected chi connectivity index (χ0v) is 18.7. The molecule has 180 valence electrons. The molecular formula is C25H21F3N4O3. The van der Waals surface area contributed by atoms with E-state index >= 15 is 0 Å². The second-order valence-corrected chi connectivity index (χ2v) is 7.53. The first-order valence-corrected chi connectivity index (χ1v) is 10.5. The monoisotopic (exact) mass is 482 g/mol. The Kier molecular flexibility index (Phi) is 6.72. The minimum atomic E-state index is -4.81. The predicted octanol–water partition coefficient (Wildman–Crippen LogP) is 5.21. The minimum absolute atomic E-state index is 0.192. The molecular weight excluding hydrogens is 461 g/mol. The van der Waals surface area contributed by atoms with Crippen LogP contribution in [0.15, 0.2) is 73.7 Å². The number of halogens is 3. The van der Waals surface area contributed by atoms with Gasteiger partial charge in [-0.2, -0.15) is 0 Å². The number of carbonyl (C=O) groups is 1. The third-order valence-corrected chi connectivity index (χ3v) is 5.20. The maximum Gasteiger partial charge on any atom is 0.573 e. The van der Waals surface area contributed by atoms with Crippen LogP contribution >= 0.6 is 0 Å². The zero-order chi connectivity index (χ0) is 25.0. The first-order chi connectivity index (χ1) is 16.8. The molecule has 0 spiro atoms. The Hall–Kier alpha value is -4.34. The number of fused-ring (bicyclic) bond motifs is 1. The molecule has 1 amide bonds. The molecule has 0 aliphatic rings. The Bertz CT molecular complexity index is 1370. The van der Waals surface area contributed by atoms with Gasteiger partial charge in [-0.3, -0.25) is 14.8 Å². The van der Waals surface area contributed by atoms with Gasteiger partial charge in [0.05, 0.1) is 29.5 Å². The largest absolute Gasteiger partial charge is 0.573 e. The average molecular weight is 482 g/mol. The fourth-order valence-corrected chi connectivity index (χ4v) is 3.61. The number of ether oxygens (including phenoxy) is 2. The average Bonchev–Trinajstić information content (AvgIpc) is 3.22. The number of amides is 1. The van der Waals surface area contributed by atoms with Crippen LogP contribution in [0.3, 0.4) is 0 Å². The van der Waals surface area contributed by atoms with Crippen molar-refractivity contribution in [3.8, 4) is 33.9 Å². The Labute approximate surface area is 198 Å². The van der Waals surface area contributed by atoms with E-state index in [0.717, 1.165) is 0 Å². The Balaban J connectivity index is 1.76. The lowest BCUT2D eigenvalue weighted by atomic mass is 10.0. The van der Waals surface area contributed by atoms with E-state index in [2.05, 4.69) is 26.3 Å². The van der Waals surface area contributed by atoms with Crippen LogP contribution in [0.1, 0.15) is 0 Å². The standard InChI is InChI=1S/C25H21F3N4O3/c1-3-21(33)32(2)12-13-34-20-15-29-11-9-18(20)23-22(24-19(31-23)8-5-10-30-24)16-6-4-7-17(14-16)35-25(26,27)28/h3-11,14-15,31H,1,12-13H2,2H3. The van der Waals surface area contributed by atoms with Crippen LogP contribution in [0.4, 0.5) is 13.2 Å². The molecule has 0 fully saturated rings. The molecule has 35 heavy (non-hydrogen) atoms. The molecule has 0 bridgehead atoms. The Morgan fingerprint density at radius 3 is 2.80 bits per heavy atom. The van der Waals surface area contributed by atoms with Gasteiger partial charge in [0, 0.05) is 30.6 Å². The van der Waals surface area contributed by atoms with Gasteiger partial charge in [0.2, 0.25) is 5.91 Å². The molecule has 7 nitrogen and oxygen atoms in total. The van der Waals surface area contributed by atoms with Gasteiger partial charge >= 0.3 is 6.36 Å². The van der Waals surface area contributed by atoms with Crippen molar-refractivity contribution in [3.05, 3.63) is 73.7 Å². The number of nitrogens with one attached hydrogen (secondary N) is 1. The van der Waals surface area contributed by atoms with Gasteiger partial charge in [-0.1, -0.05) is 18.7 Å². The quantitative estimate of drug-likeness (QED) is 0.349. The molecule has 4 aromatic rings. The number of carbonyl (C=O) groups excluding carboxylic acids is 1. The molecule has 3 heterocycles. The number of aromatic amines is 1. The first kappa shape index (κ1) is 23.8. The van der Waals surface area contributed by atoms with E-state index in [1.165, 1.54) is 35.4 Å². The van der Waals surface area contributed by atoms with Crippen LogP contribution in [0.25, 0.3) is 33.4 Å². The van der Waals surface area contributed by atoms with E-state index in [4.69, 9.17) is 4.74 Å². The van der Waals surface area contributed by atoms with Gasteiger partial charge in [0.15, 0.2) is 0 Å². The molecule has 0 radical (unpaired) electrons. The van der Waals surface area contributed by atoms with E-state index in [1.54, 1.807) is 37.6 Å². The maximum atomic E-state index is 12.8. The Morgan fingerprint density at radius 2 is 2.03 bits per heavy atom. The minimum Gasteiger partial charge on any atom is -0.489 e. The normalized spacial score (nSPS) is 11.3. The first-order valence-electron chi connectivity index (χ1n) is 10.5. The molecule has 1 N–H and O–H groups in total. The van der Waals surface area contributed by atoms with Crippen molar-refractivity contribution >= 4 is 16.9 Å². The summed E-state index contributed by atoms with van der Waals surface area (Å²) in [6, 6.07) is 11.0. The third kappa shape index (κ3) is 5.43. The fourth-order valence-electron chi connectivity index (χ4n) is 3.61. The number of pyridine rings is 2. The summed E-state index contributed by atoms with van der Waals surface area (Å²) in [6.07, 6.45) is 1.13. The van der Waals surface area contributed by atoms with E-state index in [-0.39, 0.29) is 18.3 Å². The molecule has 1 aromatic carbocycles. The number of hydrogen-bond donors (Lipinski definition) is 1. The van der Waals surface area contributed by atoms with Gasteiger partial charge in [0.1, 0.15) is 18.1 Å². The summed E-state index contributed by atoms with van der Waals surface area (Å²) < 4.78 is 48.5. The van der Waals surface area contributed by atoms with Gasteiger partial charge in [-0.25, -0.2) is 0 Å². The summed E-state index contributed by atoms with van der Waals surface area (Å²) in [5.74, 6) is -0.139. The number of likely N-dealkylation sites (N-methyl/N-ethyl adjacent to an activating group) is 1. The highest BCUT2D eigenvalue weighted by Gasteiger charge is 2.31. The Morgan fingerprint density at radius 1 is 1.20 bits per heavy atom. The number of aromatic nitrogens is 3. The van der Waals surface area contributed by atoms with Crippen molar-refractivity contribution < 1.29 is 27.4 Å². The van der Waals surface area contributed by atoms with Gasteiger partial charge in [-0.15, -0.1) is 13.2 Å². The van der Waals surface area contributed by atoms with Crippen molar-refractivity contribution in [2.75, 3.05) is 20.2 Å². The molecule has 0 saturated carbocycles.